The van der Waals surface area contributed by atoms with Gasteiger partial charge in [-0.2, -0.15) is 0 Å². The molecular formula is C15H14ClNO5S. The van der Waals surface area contributed by atoms with Crippen LogP contribution in [0.15, 0.2) is 34.7 Å². The van der Waals surface area contributed by atoms with Gasteiger partial charge in [0.15, 0.2) is 0 Å². The van der Waals surface area contributed by atoms with Gasteiger partial charge in [0.2, 0.25) is 11.7 Å². The van der Waals surface area contributed by atoms with Crippen molar-refractivity contribution in [1.29, 1.82) is 0 Å². The Morgan fingerprint density at radius 3 is 2.65 bits per heavy atom. The number of carboxylic acid groups (broad SMARTS) is 1. The molecule has 0 bridgehead atoms. The van der Waals surface area contributed by atoms with Crippen LogP contribution in [0.5, 0.6) is 0 Å². The van der Waals surface area contributed by atoms with E-state index in [0.717, 1.165) is 5.56 Å². The molecule has 2 rings (SSSR count). The zero-order valence-corrected chi connectivity index (χ0v) is 13.7. The van der Waals surface area contributed by atoms with Gasteiger partial charge in [0.25, 0.3) is 0 Å². The van der Waals surface area contributed by atoms with Crippen LogP contribution in [0.1, 0.15) is 21.9 Å². The summed E-state index contributed by atoms with van der Waals surface area (Å²) in [6.07, 6.45) is 0. The molecule has 1 aromatic heterocycles. The summed E-state index contributed by atoms with van der Waals surface area (Å²) in [6, 6.07) is 7.80. The van der Waals surface area contributed by atoms with Crippen molar-refractivity contribution in [3.05, 3.63) is 52.4 Å². The van der Waals surface area contributed by atoms with Gasteiger partial charge in [0, 0.05) is 21.5 Å². The lowest BCUT2D eigenvalue weighted by Gasteiger charge is -2.06. The van der Waals surface area contributed by atoms with Crippen LogP contribution in [-0.4, -0.2) is 26.9 Å². The summed E-state index contributed by atoms with van der Waals surface area (Å²) >= 11 is 5.97. The number of rotatable bonds is 6. The molecule has 6 nitrogen and oxygen atoms in total. The summed E-state index contributed by atoms with van der Waals surface area (Å²) in [5.74, 6) is -1.85. The first kappa shape index (κ1) is 17.2. The fourth-order valence-corrected chi connectivity index (χ4v) is 2.91. The molecule has 0 aliphatic rings. The van der Waals surface area contributed by atoms with E-state index >= 15 is 0 Å². The van der Waals surface area contributed by atoms with Crippen LogP contribution in [0.25, 0.3) is 0 Å². The normalized spacial score (nSPS) is 11.9. The van der Waals surface area contributed by atoms with Gasteiger partial charge in [-0.3, -0.25) is 9.00 Å². The Balaban J connectivity index is 1.90. The fourth-order valence-electron chi connectivity index (χ4n) is 1.79. The number of carbonyl (C=O) groups excluding carboxylic acids is 1. The second kappa shape index (κ2) is 7.43. The molecule has 0 saturated carbocycles. The van der Waals surface area contributed by atoms with Crippen molar-refractivity contribution in [2.45, 2.75) is 12.7 Å². The number of hydrogen-bond acceptors (Lipinski definition) is 4. The highest BCUT2D eigenvalue weighted by Crippen LogP contribution is 2.20. The van der Waals surface area contributed by atoms with Crippen molar-refractivity contribution in [2.75, 3.05) is 11.1 Å². The van der Waals surface area contributed by atoms with Crippen LogP contribution in [-0.2, 0) is 21.3 Å². The minimum absolute atomic E-state index is 0.0324. The van der Waals surface area contributed by atoms with Crippen LogP contribution in [0.3, 0.4) is 0 Å². The highest BCUT2D eigenvalue weighted by molar-refractivity contribution is 7.84. The lowest BCUT2D eigenvalue weighted by atomic mass is 10.2. The van der Waals surface area contributed by atoms with Crippen molar-refractivity contribution < 1.29 is 23.3 Å². The average Bonchev–Trinajstić information content (AvgIpc) is 2.91. The highest BCUT2D eigenvalue weighted by atomic mass is 35.5. The monoisotopic (exact) mass is 355 g/mol. The third-order valence-corrected chi connectivity index (χ3v) is 4.52. The summed E-state index contributed by atoms with van der Waals surface area (Å²) < 4.78 is 16.9. The second-order valence-electron chi connectivity index (χ2n) is 4.81. The molecule has 1 atom stereocenters. The van der Waals surface area contributed by atoms with Crippen LogP contribution in [0.4, 0.5) is 5.69 Å². The van der Waals surface area contributed by atoms with E-state index in [1.165, 1.54) is 12.1 Å². The first-order valence-corrected chi connectivity index (χ1v) is 8.44. The summed E-state index contributed by atoms with van der Waals surface area (Å²) in [4.78, 5) is 22.5. The lowest BCUT2D eigenvalue weighted by Crippen LogP contribution is -2.20. The molecule has 0 fully saturated rings. The maximum absolute atomic E-state index is 11.9. The van der Waals surface area contributed by atoms with Crippen LogP contribution in [0.2, 0.25) is 5.02 Å². The number of halogens is 1. The number of carboxylic acids is 1. The predicted molar refractivity (Wildman–Crippen MR) is 87.2 cm³/mol. The van der Waals surface area contributed by atoms with Crippen LogP contribution in [0, 0.1) is 6.92 Å². The van der Waals surface area contributed by atoms with Gasteiger partial charge in [0.1, 0.15) is 11.5 Å². The van der Waals surface area contributed by atoms with Crippen LogP contribution < -0.4 is 5.32 Å². The van der Waals surface area contributed by atoms with E-state index < -0.39 is 22.7 Å². The van der Waals surface area contributed by atoms with E-state index in [0.29, 0.717) is 10.7 Å². The van der Waals surface area contributed by atoms with E-state index in [1.807, 2.05) is 6.92 Å². The number of carbonyl (C=O) groups is 2. The van der Waals surface area contributed by atoms with E-state index in [2.05, 4.69) is 5.32 Å². The minimum Gasteiger partial charge on any atom is -0.475 e. The summed E-state index contributed by atoms with van der Waals surface area (Å²) in [7, 11) is -1.52. The molecule has 0 saturated heterocycles. The van der Waals surface area contributed by atoms with E-state index in [1.54, 1.807) is 18.2 Å². The maximum Gasteiger partial charge on any atom is 0.371 e. The number of amides is 1. The van der Waals surface area contributed by atoms with Crippen molar-refractivity contribution in [3.8, 4) is 0 Å². The molecule has 1 unspecified atom stereocenters. The maximum atomic E-state index is 11.9. The smallest absolute Gasteiger partial charge is 0.371 e. The summed E-state index contributed by atoms with van der Waals surface area (Å²) in [6.45, 7) is 1.84. The third-order valence-electron chi connectivity index (χ3n) is 2.92. The molecule has 1 heterocycles. The van der Waals surface area contributed by atoms with Gasteiger partial charge < -0.3 is 14.8 Å². The highest BCUT2D eigenvalue weighted by Gasteiger charge is 2.14. The Morgan fingerprint density at radius 2 is 2.04 bits per heavy atom. The SMILES string of the molecule is Cc1ccc(NC(=O)CS(=O)Cc2ccc(C(=O)O)o2)cc1Cl. The van der Waals surface area contributed by atoms with E-state index in [9.17, 15) is 13.8 Å². The van der Waals surface area contributed by atoms with Crippen LogP contribution >= 0.6 is 11.6 Å². The number of anilines is 1. The molecule has 0 aliphatic carbocycles. The number of furan rings is 1. The van der Waals surface area contributed by atoms with Gasteiger partial charge in [-0.1, -0.05) is 17.7 Å². The number of aromatic carboxylic acids is 1. The number of hydrogen-bond donors (Lipinski definition) is 2. The average molecular weight is 356 g/mol. The molecule has 0 radical (unpaired) electrons. The summed E-state index contributed by atoms with van der Waals surface area (Å²) in [5, 5.41) is 11.9. The van der Waals surface area contributed by atoms with Crippen molar-refractivity contribution >= 4 is 40.0 Å². The molecule has 0 spiro atoms. The van der Waals surface area contributed by atoms with Gasteiger partial charge in [-0.25, -0.2) is 4.79 Å². The standard InChI is InChI=1S/C15H14ClNO5S/c1-9-2-3-10(6-12(9)16)17-14(18)8-23(21)7-11-4-5-13(22-11)15(19)20/h2-6H,7-8H2,1H3,(H,17,18)(H,19,20). The Labute approximate surface area is 139 Å². The Kier molecular flexibility index (Phi) is 5.57. The lowest BCUT2D eigenvalue weighted by molar-refractivity contribution is -0.113. The van der Waals surface area contributed by atoms with Gasteiger partial charge >= 0.3 is 5.97 Å². The summed E-state index contributed by atoms with van der Waals surface area (Å²) in [5.41, 5.74) is 1.41. The molecule has 0 aliphatic heterocycles. The quantitative estimate of drug-likeness (QED) is 0.830. The Hall–Kier alpha value is -2.12. The van der Waals surface area contributed by atoms with Crippen molar-refractivity contribution in [3.63, 3.8) is 0 Å². The molecule has 2 aromatic rings. The largest absolute Gasteiger partial charge is 0.475 e. The van der Waals surface area contributed by atoms with Gasteiger partial charge in [-0.05, 0) is 36.8 Å². The number of nitrogens with one attached hydrogen (secondary N) is 1. The third kappa shape index (κ3) is 4.94. The number of aryl methyl sites for hydroxylation is 1. The van der Waals surface area contributed by atoms with Gasteiger partial charge in [-0.15, -0.1) is 0 Å². The Bertz CT molecular complexity index is 771. The zero-order chi connectivity index (χ0) is 17.0. The second-order valence-corrected chi connectivity index (χ2v) is 6.68. The molecule has 122 valence electrons. The fraction of sp³-hybridized carbons (Fsp3) is 0.200. The predicted octanol–water partition coefficient (Wildman–Crippen LogP) is 2.83. The van der Waals surface area contributed by atoms with Gasteiger partial charge in [0.05, 0.1) is 5.75 Å². The topological polar surface area (TPSA) is 96.6 Å². The van der Waals surface area contributed by atoms with E-state index in [-0.39, 0.29) is 23.0 Å². The number of benzene rings is 1. The molecule has 1 amide bonds. The molecule has 1 aromatic carbocycles. The van der Waals surface area contributed by atoms with Crippen molar-refractivity contribution in [1.82, 2.24) is 0 Å². The zero-order valence-electron chi connectivity index (χ0n) is 12.2. The first-order chi connectivity index (χ1) is 10.8. The molecule has 23 heavy (non-hydrogen) atoms. The molecule has 2 N–H and O–H groups in total. The molecular weight excluding hydrogens is 342 g/mol. The minimum atomic E-state index is -1.52. The Morgan fingerprint density at radius 1 is 1.30 bits per heavy atom. The van der Waals surface area contributed by atoms with E-state index in [4.69, 9.17) is 21.1 Å². The first-order valence-electron chi connectivity index (χ1n) is 6.58. The molecule has 8 heteroatoms. The van der Waals surface area contributed by atoms with Crippen molar-refractivity contribution in [2.24, 2.45) is 0 Å².